The van der Waals surface area contributed by atoms with Gasteiger partial charge in [-0.25, -0.2) is 13.2 Å². The Hall–Kier alpha value is -2.11. The molecule has 1 heterocycles. The first-order chi connectivity index (χ1) is 11.7. The van der Waals surface area contributed by atoms with Crippen molar-refractivity contribution < 1.29 is 17.8 Å². The van der Waals surface area contributed by atoms with Gasteiger partial charge in [0, 0.05) is 12.7 Å². The number of nitrogens with zero attached hydrogens (tertiary/aromatic N) is 1. The molecule has 1 atom stereocenters. The minimum atomic E-state index is -3.73. The van der Waals surface area contributed by atoms with Crippen molar-refractivity contribution in [2.75, 3.05) is 12.0 Å². The van der Waals surface area contributed by atoms with Crippen LogP contribution in [-0.2, 0) is 14.4 Å². The summed E-state index contributed by atoms with van der Waals surface area (Å²) in [5.74, 6) is 0. The average Bonchev–Trinajstić information content (AvgIpc) is 2.54. The molecule has 1 aliphatic heterocycles. The molecule has 8 heteroatoms. The fourth-order valence-electron chi connectivity index (χ4n) is 3.00. The van der Waals surface area contributed by atoms with E-state index in [9.17, 15) is 17.8 Å². The number of carbonyl (C=O) groups excluding carboxylic acids is 1. The second kappa shape index (κ2) is 6.00. The van der Waals surface area contributed by atoms with Crippen LogP contribution in [-0.4, -0.2) is 31.8 Å². The highest BCUT2D eigenvalue weighted by Gasteiger charge is 2.40. The Morgan fingerprint density at radius 2 is 1.68 bits per heavy atom. The molecule has 2 aromatic rings. The van der Waals surface area contributed by atoms with Crippen molar-refractivity contribution in [2.24, 2.45) is 0 Å². The number of benzene rings is 2. The lowest BCUT2D eigenvalue weighted by atomic mass is 10.3. The minimum Gasteiger partial charge on any atom is -0.307 e. The van der Waals surface area contributed by atoms with Gasteiger partial charge < -0.3 is 5.32 Å². The van der Waals surface area contributed by atoms with Gasteiger partial charge in [-0.05, 0) is 44.2 Å². The van der Waals surface area contributed by atoms with Crippen LogP contribution in [0.5, 0.6) is 0 Å². The van der Waals surface area contributed by atoms with Gasteiger partial charge in [0.1, 0.15) is 0 Å². The van der Waals surface area contributed by atoms with E-state index in [0.29, 0.717) is 11.0 Å². The summed E-state index contributed by atoms with van der Waals surface area (Å²) in [4.78, 5) is 12.5. The predicted octanol–water partition coefficient (Wildman–Crippen LogP) is 3.31. The summed E-state index contributed by atoms with van der Waals surface area (Å²) >= 11 is 0. The number of hydrogen-bond donors (Lipinski definition) is 1. The van der Waals surface area contributed by atoms with Crippen LogP contribution in [0.25, 0.3) is 0 Å². The first-order valence-corrected chi connectivity index (χ1v) is 11.4. The summed E-state index contributed by atoms with van der Waals surface area (Å²) in [6, 6.07) is 11.7. The van der Waals surface area contributed by atoms with Crippen molar-refractivity contribution in [1.29, 1.82) is 0 Å². The number of anilines is 1. The van der Waals surface area contributed by atoms with Gasteiger partial charge in [0.05, 0.1) is 20.8 Å². The molecule has 25 heavy (non-hydrogen) atoms. The van der Waals surface area contributed by atoms with Gasteiger partial charge in [-0.2, -0.15) is 0 Å². The maximum absolute atomic E-state index is 13.3. The van der Waals surface area contributed by atoms with E-state index in [4.69, 9.17) is 0 Å². The van der Waals surface area contributed by atoms with Crippen LogP contribution in [0.3, 0.4) is 0 Å². The van der Waals surface area contributed by atoms with Crippen LogP contribution in [0.4, 0.5) is 10.5 Å². The number of fused-ring (bicyclic) bond motifs is 1. The van der Waals surface area contributed by atoms with Gasteiger partial charge in [-0.1, -0.05) is 18.2 Å². The molecule has 0 bridgehead atoms. The molecule has 0 saturated heterocycles. The van der Waals surface area contributed by atoms with E-state index in [2.05, 4.69) is 5.32 Å². The normalized spacial score (nSPS) is 20.3. The standard InChI is InChI=1S/C17H19N2O4PS/c1-12(2)19-17(20)18-15-10-9-14(11-16(15)24(19,3)21)25(22,23)13-7-5-4-6-8-13/h4-12H,1-3H3,(H,18,20). The third-order valence-electron chi connectivity index (χ3n) is 4.13. The molecule has 132 valence electrons. The number of amides is 2. The summed E-state index contributed by atoms with van der Waals surface area (Å²) in [6.07, 6.45) is 0. The lowest BCUT2D eigenvalue weighted by molar-refractivity contribution is 0.229. The van der Waals surface area contributed by atoms with Gasteiger partial charge in [0.2, 0.25) is 17.1 Å². The number of rotatable bonds is 3. The van der Waals surface area contributed by atoms with Crippen LogP contribution in [0.1, 0.15) is 13.8 Å². The maximum Gasteiger partial charge on any atom is 0.327 e. The predicted molar refractivity (Wildman–Crippen MR) is 97.5 cm³/mol. The molecule has 2 amide bonds. The van der Waals surface area contributed by atoms with Gasteiger partial charge in [-0.15, -0.1) is 0 Å². The summed E-state index contributed by atoms with van der Waals surface area (Å²) < 4.78 is 40.3. The molecular weight excluding hydrogens is 359 g/mol. The molecule has 6 nitrogen and oxygen atoms in total. The average molecular weight is 378 g/mol. The van der Waals surface area contributed by atoms with Crippen molar-refractivity contribution in [3.8, 4) is 0 Å². The third-order valence-corrected chi connectivity index (χ3v) is 8.63. The lowest BCUT2D eigenvalue weighted by Crippen LogP contribution is -2.44. The van der Waals surface area contributed by atoms with Crippen molar-refractivity contribution in [3.05, 3.63) is 48.5 Å². The van der Waals surface area contributed by atoms with Crippen LogP contribution < -0.4 is 10.6 Å². The number of nitrogens with one attached hydrogen (secondary N) is 1. The van der Waals surface area contributed by atoms with Gasteiger partial charge >= 0.3 is 6.03 Å². The molecule has 1 N–H and O–H groups in total. The highest BCUT2D eigenvalue weighted by molar-refractivity contribution is 7.91. The number of hydrogen-bond acceptors (Lipinski definition) is 4. The summed E-state index contributed by atoms with van der Waals surface area (Å²) in [6.45, 7) is 5.03. The summed E-state index contributed by atoms with van der Waals surface area (Å²) in [5.41, 5.74) is 0.389. The van der Waals surface area contributed by atoms with Gasteiger partial charge in [0.15, 0.2) is 0 Å². The molecule has 0 fully saturated rings. The molecule has 3 rings (SSSR count). The zero-order valence-electron chi connectivity index (χ0n) is 14.1. The van der Waals surface area contributed by atoms with E-state index in [1.165, 1.54) is 41.7 Å². The molecule has 0 saturated carbocycles. The molecular formula is C17H19N2O4PS. The first-order valence-electron chi connectivity index (χ1n) is 7.78. The Labute approximate surface area is 147 Å². The van der Waals surface area contributed by atoms with E-state index >= 15 is 0 Å². The van der Waals surface area contributed by atoms with E-state index < -0.39 is 23.2 Å². The van der Waals surface area contributed by atoms with Gasteiger partial charge in [-0.3, -0.25) is 9.24 Å². The van der Waals surface area contributed by atoms with Gasteiger partial charge in [0.25, 0.3) is 0 Å². The molecule has 0 aromatic heterocycles. The van der Waals surface area contributed by atoms with E-state index in [-0.39, 0.29) is 15.8 Å². The Morgan fingerprint density at radius 1 is 1.04 bits per heavy atom. The maximum atomic E-state index is 13.3. The van der Waals surface area contributed by atoms with Crippen LogP contribution in [0.15, 0.2) is 58.3 Å². The Balaban J connectivity index is 2.17. The summed E-state index contributed by atoms with van der Waals surface area (Å²) in [5, 5.41) is 3.03. The molecule has 0 aliphatic carbocycles. The SMILES string of the molecule is CC(C)N1C(=O)Nc2ccc(S(=O)(=O)c3ccccc3)cc2P1(C)=O. The fraction of sp³-hybridized carbons (Fsp3) is 0.235. The van der Waals surface area contributed by atoms with Crippen LogP contribution >= 0.6 is 7.29 Å². The topological polar surface area (TPSA) is 83.6 Å². The quantitative estimate of drug-likeness (QED) is 0.831. The zero-order valence-corrected chi connectivity index (χ0v) is 15.8. The number of sulfone groups is 1. The zero-order chi connectivity index (χ0) is 18.4. The minimum absolute atomic E-state index is 0.0550. The Kier molecular flexibility index (Phi) is 4.25. The highest BCUT2D eigenvalue weighted by Crippen LogP contribution is 2.51. The largest absolute Gasteiger partial charge is 0.327 e. The van der Waals surface area contributed by atoms with Crippen LogP contribution in [0, 0.1) is 0 Å². The monoisotopic (exact) mass is 378 g/mol. The number of carbonyl (C=O) groups is 1. The first kappa shape index (κ1) is 17.7. The molecule has 0 spiro atoms. The van der Waals surface area contributed by atoms with Crippen molar-refractivity contribution >= 4 is 34.2 Å². The smallest absolute Gasteiger partial charge is 0.307 e. The number of urea groups is 1. The second-order valence-corrected chi connectivity index (χ2v) is 10.9. The highest BCUT2D eigenvalue weighted by atomic mass is 32.2. The van der Waals surface area contributed by atoms with E-state index in [1.54, 1.807) is 32.0 Å². The summed E-state index contributed by atoms with van der Waals surface area (Å²) in [7, 11) is -6.96. The van der Waals surface area contributed by atoms with E-state index in [0.717, 1.165) is 0 Å². The molecule has 1 aliphatic rings. The lowest BCUT2D eigenvalue weighted by Gasteiger charge is -2.37. The van der Waals surface area contributed by atoms with Crippen molar-refractivity contribution in [1.82, 2.24) is 4.67 Å². The molecule has 0 radical (unpaired) electrons. The van der Waals surface area contributed by atoms with E-state index in [1.807, 2.05) is 0 Å². The fourth-order valence-corrected chi connectivity index (χ4v) is 6.86. The molecule has 1 unspecified atom stereocenters. The Morgan fingerprint density at radius 3 is 2.28 bits per heavy atom. The van der Waals surface area contributed by atoms with Crippen LogP contribution in [0.2, 0.25) is 0 Å². The van der Waals surface area contributed by atoms with Crippen molar-refractivity contribution in [3.63, 3.8) is 0 Å². The Bertz CT molecular complexity index is 987. The third kappa shape index (κ3) is 2.87. The van der Waals surface area contributed by atoms with Crippen molar-refractivity contribution in [2.45, 2.75) is 29.7 Å². The second-order valence-electron chi connectivity index (χ2n) is 6.24. The molecule has 2 aromatic carbocycles.